The van der Waals surface area contributed by atoms with Crippen LogP contribution >= 0.6 is 11.3 Å². The van der Waals surface area contributed by atoms with Crippen LogP contribution in [0.3, 0.4) is 0 Å². The summed E-state index contributed by atoms with van der Waals surface area (Å²) in [5, 5.41) is 7.79. The number of nitrogens with one attached hydrogen (secondary N) is 2. The number of halogens is 1. The van der Waals surface area contributed by atoms with Gasteiger partial charge in [0.1, 0.15) is 11.9 Å². The Morgan fingerprint density at radius 3 is 2.44 bits per heavy atom. The van der Waals surface area contributed by atoms with Gasteiger partial charge in [-0.15, -0.1) is 11.3 Å². The van der Waals surface area contributed by atoms with Gasteiger partial charge in [0, 0.05) is 37.2 Å². The second-order valence-electron chi connectivity index (χ2n) is 6.40. The van der Waals surface area contributed by atoms with Crippen molar-refractivity contribution in [1.29, 1.82) is 0 Å². The quantitative estimate of drug-likeness (QED) is 0.839. The molecule has 1 atom stereocenters. The van der Waals surface area contributed by atoms with Gasteiger partial charge in [-0.2, -0.15) is 0 Å². The van der Waals surface area contributed by atoms with Gasteiger partial charge in [-0.1, -0.05) is 0 Å². The van der Waals surface area contributed by atoms with Gasteiger partial charge in [0.25, 0.3) is 0 Å². The van der Waals surface area contributed by atoms with Crippen LogP contribution in [-0.4, -0.2) is 54.0 Å². The molecule has 7 nitrogen and oxygen atoms in total. The van der Waals surface area contributed by atoms with Crippen LogP contribution in [0, 0.1) is 12.7 Å². The standard InChI is InChI=1S/C18H22FN5O2S/c1-12-11-27-17(20-12)22-16(25)13(2)21-18(26)24-9-7-23(8-10-24)15-5-3-14(19)4-6-15/h3-6,11,13H,7-10H2,1-2H3,(H,21,26)(H,20,22,25)/t13-/m0/s1. The van der Waals surface area contributed by atoms with Gasteiger partial charge in [0.15, 0.2) is 5.13 Å². The first-order valence-electron chi connectivity index (χ1n) is 8.71. The van der Waals surface area contributed by atoms with Crippen molar-refractivity contribution < 1.29 is 14.0 Å². The lowest BCUT2D eigenvalue weighted by atomic mass is 10.2. The maximum atomic E-state index is 13.0. The number of amides is 3. The minimum atomic E-state index is -0.670. The fourth-order valence-electron chi connectivity index (χ4n) is 2.79. The molecule has 0 radical (unpaired) electrons. The van der Waals surface area contributed by atoms with Crippen LogP contribution in [0.25, 0.3) is 0 Å². The van der Waals surface area contributed by atoms with E-state index in [2.05, 4.69) is 20.5 Å². The normalized spacial score (nSPS) is 15.4. The molecule has 2 aromatic rings. The van der Waals surface area contributed by atoms with E-state index in [9.17, 15) is 14.0 Å². The lowest BCUT2D eigenvalue weighted by Crippen LogP contribution is -2.54. The number of carbonyl (C=O) groups excluding carboxylic acids is 2. The number of benzene rings is 1. The molecular weight excluding hydrogens is 369 g/mol. The van der Waals surface area contributed by atoms with Crippen molar-refractivity contribution in [2.75, 3.05) is 36.4 Å². The molecule has 27 heavy (non-hydrogen) atoms. The average molecular weight is 391 g/mol. The van der Waals surface area contributed by atoms with Crippen molar-refractivity contribution in [2.45, 2.75) is 19.9 Å². The maximum Gasteiger partial charge on any atom is 0.318 e. The fourth-order valence-corrected chi connectivity index (χ4v) is 3.48. The minimum Gasteiger partial charge on any atom is -0.368 e. The van der Waals surface area contributed by atoms with Crippen LogP contribution in [0.5, 0.6) is 0 Å². The first-order valence-corrected chi connectivity index (χ1v) is 9.59. The van der Waals surface area contributed by atoms with Crippen molar-refractivity contribution in [3.8, 4) is 0 Å². The highest BCUT2D eigenvalue weighted by Gasteiger charge is 2.24. The number of aryl methyl sites for hydroxylation is 1. The van der Waals surface area contributed by atoms with Crippen LogP contribution in [0.1, 0.15) is 12.6 Å². The van der Waals surface area contributed by atoms with E-state index in [-0.39, 0.29) is 17.8 Å². The van der Waals surface area contributed by atoms with Gasteiger partial charge < -0.3 is 20.4 Å². The number of nitrogens with zero attached hydrogens (tertiary/aromatic N) is 3. The number of carbonyl (C=O) groups is 2. The zero-order chi connectivity index (χ0) is 19.4. The predicted molar refractivity (Wildman–Crippen MR) is 104 cm³/mol. The van der Waals surface area contributed by atoms with E-state index in [0.29, 0.717) is 31.3 Å². The van der Waals surface area contributed by atoms with Gasteiger partial charge in [-0.05, 0) is 38.1 Å². The lowest BCUT2D eigenvalue weighted by molar-refractivity contribution is -0.117. The summed E-state index contributed by atoms with van der Waals surface area (Å²) < 4.78 is 13.0. The summed E-state index contributed by atoms with van der Waals surface area (Å²) >= 11 is 1.35. The summed E-state index contributed by atoms with van der Waals surface area (Å²) in [5.41, 5.74) is 1.77. The van der Waals surface area contributed by atoms with Gasteiger partial charge in [0.2, 0.25) is 5.91 Å². The highest BCUT2D eigenvalue weighted by Crippen LogP contribution is 2.17. The topological polar surface area (TPSA) is 77.6 Å². The van der Waals surface area contributed by atoms with Crippen molar-refractivity contribution in [3.63, 3.8) is 0 Å². The first kappa shape index (κ1) is 19.1. The second kappa shape index (κ2) is 8.34. The second-order valence-corrected chi connectivity index (χ2v) is 7.26. The number of hydrogen-bond acceptors (Lipinski definition) is 5. The van der Waals surface area contributed by atoms with E-state index >= 15 is 0 Å². The third-order valence-electron chi connectivity index (χ3n) is 4.34. The van der Waals surface area contributed by atoms with Gasteiger partial charge in [-0.3, -0.25) is 4.79 Å². The molecule has 1 saturated heterocycles. The number of anilines is 2. The summed E-state index contributed by atoms with van der Waals surface area (Å²) in [6, 6.07) is 5.39. The number of aromatic nitrogens is 1. The van der Waals surface area contributed by atoms with E-state index in [1.807, 2.05) is 12.3 Å². The molecule has 144 valence electrons. The molecule has 1 fully saturated rings. The molecule has 1 aliphatic heterocycles. The Balaban J connectivity index is 1.47. The van der Waals surface area contributed by atoms with E-state index in [4.69, 9.17) is 0 Å². The van der Waals surface area contributed by atoms with Gasteiger partial charge >= 0.3 is 6.03 Å². The fraction of sp³-hybridized carbons (Fsp3) is 0.389. The Bertz CT molecular complexity index is 802. The van der Waals surface area contributed by atoms with Gasteiger partial charge in [-0.25, -0.2) is 14.2 Å². The minimum absolute atomic E-state index is 0.267. The van der Waals surface area contributed by atoms with Crippen molar-refractivity contribution >= 4 is 34.1 Å². The summed E-state index contributed by atoms with van der Waals surface area (Å²) in [5.74, 6) is -0.570. The van der Waals surface area contributed by atoms with Gasteiger partial charge in [0.05, 0.1) is 5.69 Å². The Morgan fingerprint density at radius 1 is 1.19 bits per heavy atom. The summed E-state index contributed by atoms with van der Waals surface area (Å²) in [4.78, 5) is 32.6. The SMILES string of the molecule is Cc1csc(NC(=O)[C@H](C)NC(=O)N2CCN(c3ccc(F)cc3)CC2)n1. The molecule has 3 amide bonds. The van der Waals surface area contributed by atoms with Crippen LogP contribution < -0.4 is 15.5 Å². The molecule has 0 bridgehead atoms. The Kier molecular flexibility index (Phi) is 5.90. The molecule has 2 heterocycles. The zero-order valence-corrected chi connectivity index (χ0v) is 16.1. The van der Waals surface area contributed by atoms with Crippen LogP contribution in [-0.2, 0) is 4.79 Å². The Labute approximate surface area is 161 Å². The highest BCUT2D eigenvalue weighted by atomic mass is 32.1. The molecular formula is C18H22FN5O2S. The molecule has 1 aliphatic rings. The number of urea groups is 1. The molecule has 0 spiro atoms. The van der Waals surface area contributed by atoms with E-state index in [0.717, 1.165) is 11.4 Å². The molecule has 2 N–H and O–H groups in total. The third kappa shape index (κ3) is 4.94. The number of rotatable bonds is 4. The third-order valence-corrected chi connectivity index (χ3v) is 5.22. The van der Waals surface area contributed by atoms with Crippen molar-refractivity contribution in [1.82, 2.24) is 15.2 Å². The molecule has 1 aromatic carbocycles. The first-order chi connectivity index (χ1) is 12.9. The number of piperazine rings is 1. The Morgan fingerprint density at radius 2 is 1.85 bits per heavy atom. The van der Waals surface area contributed by atoms with Crippen LogP contribution in [0.2, 0.25) is 0 Å². The van der Waals surface area contributed by atoms with Crippen molar-refractivity contribution in [3.05, 3.63) is 41.2 Å². The molecule has 0 saturated carbocycles. The molecule has 0 aliphatic carbocycles. The van der Waals surface area contributed by atoms with E-state index in [1.54, 1.807) is 24.0 Å². The lowest BCUT2D eigenvalue weighted by Gasteiger charge is -2.36. The molecule has 9 heteroatoms. The van der Waals surface area contributed by atoms with E-state index in [1.165, 1.54) is 23.5 Å². The maximum absolute atomic E-state index is 13.0. The highest BCUT2D eigenvalue weighted by molar-refractivity contribution is 7.13. The molecule has 0 unspecified atom stereocenters. The summed E-state index contributed by atoms with van der Waals surface area (Å²) in [7, 11) is 0. The largest absolute Gasteiger partial charge is 0.368 e. The molecule has 1 aromatic heterocycles. The van der Waals surface area contributed by atoms with Crippen molar-refractivity contribution in [2.24, 2.45) is 0 Å². The Hall–Kier alpha value is -2.68. The van der Waals surface area contributed by atoms with Crippen LogP contribution in [0.15, 0.2) is 29.6 Å². The monoisotopic (exact) mass is 391 g/mol. The zero-order valence-electron chi connectivity index (χ0n) is 15.2. The summed E-state index contributed by atoms with van der Waals surface area (Å²) in [6.07, 6.45) is 0. The molecule has 3 rings (SSSR count). The number of hydrogen-bond donors (Lipinski definition) is 2. The average Bonchev–Trinajstić information content (AvgIpc) is 3.07. The van der Waals surface area contributed by atoms with E-state index < -0.39 is 6.04 Å². The number of thiazole rings is 1. The predicted octanol–water partition coefficient (Wildman–Crippen LogP) is 2.45. The van der Waals surface area contributed by atoms with Crippen LogP contribution in [0.4, 0.5) is 20.0 Å². The summed E-state index contributed by atoms with van der Waals surface area (Å²) in [6.45, 7) is 5.86. The smallest absolute Gasteiger partial charge is 0.318 e.